The van der Waals surface area contributed by atoms with Crippen molar-refractivity contribution < 1.29 is 0 Å². The largest absolute Gasteiger partial charge is 0.357 e. The van der Waals surface area contributed by atoms with Crippen LogP contribution in [0.5, 0.6) is 0 Å². The van der Waals surface area contributed by atoms with Gasteiger partial charge in [-0.1, -0.05) is 0 Å². The molecule has 0 aliphatic carbocycles. The number of pyridine rings is 1. The Balaban J connectivity index is 1.37. The number of anilines is 3. The number of aromatic amines is 2. The van der Waals surface area contributed by atoms with E-state index in [4.69, 9.17) is 4.98 Å². The minimum absolute atomic E-state index is 0.606. The number of hydrogen-bond acceptors (Lipinski definition) is 7. The van der Waals surface area contributed by atoms with Crippen molar-refractivity contribution in [3.63, 3.8) is 0 Å². The second kappa shape index (κ2) is 6.80. The monoisotopic (exact) mass is 397 g/mol. The van der Waals surface area contributed by atoms with E-state index in [0.29, 0.717) is 11.6 Å². The zero-order valence-corrected chi connectivity index (χ0v) is 16.1. The van der Waals surface area contributed by atoms with Crippen LogP contribution < -0.4 is 10.2 Å². The lowest BCUT2D eigenvalue weighted by atomic mass is 10.2. The molecule has 1 fully saturated rings. The van der Waals surface area contributed by atoms with Crippen molar-refractivity contribution in [3.8, 4) is 11.4 Å². The van der Waals surface area contributed by atoms with E-state index < -0.39 is 0 Å². The first-order valence-corrected chi connectivity index (χ1v) is 9.96. The van der Waals surface area contributed by atoms with E-state index in [9.17, 15) is 0 Å². The maximum atomic E-state index is 4.76. The van der Waals surface area contributed by atoms with E-state index in [-0.39, 0.29) is 0 Å². The molecule has 4 aromatic heterocycles. The summed E-state index contributed by atoms with van der Waals surface area (Å²) in [6, 6.07) is 10.1. The van der Waals surface area contributed by atoms with Crippen LogP contribution in [0.15, 0.2) is 48.9 Å². The van der Waals surface area contributed by atoms with Crippen molar-refractivity contribution in [1.29, 1.82) is 0 Å². The molecule has 0 bridgehead atoms. The molecule has 0 amide bonds. The lowest BCUT2D eigenvalue weighted by Crippen LogP contribution is -2.18. The molecule has 9 nitrogen and oxygen atoms in total. The first kappa shape index (κ1) is 16.9. The first-order chi connectivity index (χ1) is 14.8. The zero-order chi connectivity index (χ0) is 19.9. The van der Waals surface area contributed by atoms with Gasteiger partial charge in [0, 0.05) is 35.9 Å². The van der Waals surface area contributed by atoms with Crippen LogP contribution in [0, 0.1) is 0 Å². The number of benzene rings is 1. The molecule has 0 spiro atoms. The second-order valence-corrected chi connectivity index (χ2v) is 7.42. The molecule has 1 saturated heterocycles. The molecule has 0 atom stereocenters. The summed E-state index contributed by atoms with van der Waals surface area (Å²) in [5, 5.41) is 18.6. The van der Waals surface area contributed by atoms with Crippen molar-refractivity contribution in [2.75, 3.05) is 23.3 Å². The fourth-order valence-electron chi connectivity index (χ4n) is 3.86. The van der Waals surface area contributed by atoms with E-state index in [0.717, 1.165) is 52.1 Å². The maximum absolute atomic E-state index is 4.76. The summed E-state index contributed by atoms with van der Waals surface area (Å²) in [7, 11) is 0. The number of nitrogens with zero attached hydrogens (tertiary/aromatic N) is 6. The van der Waals surface area contributed by atoms with Crippen LogP contribution in [0.3, 0.4) is 0 Å². The molecular weight excluding hydrogens is 378 g/mol. The number of fused-ring (bicyclic) bond motifs is 2. The number of rotatable bonds is 4. The van der Waals surface area contributed by atoms with Gasteiger partial charge in [-0.25, -0.2) is 15.0 Å². The number of nitrogens with one attached hydrogen (secondary N) is 3. The van der Waals surface area contributed by atoms with Gasteiger partial charge in [-0.15, -0.1) is 0 Å². The molecule has 5 aromatic rings. The number of H-pyrrole nitrogens is 2. The molecule has 9 heteroatoms. The van der Waals surface area contributed by atoms with Crippen molar-refractivity contribution in [2.24, 2.45) is 0 Å². The minimum Gasteiger partial charge on any atom is -0.357 e. The van der Waals surface area contributed by atoms with E-state index in [1.165, 1.54) is 12.8 Å². The van der Waals surface area contributed by atoms with Gasteiger partial charge in [-0.2, -0.15) is 10.2 Å². The van der Waals surface area contributed by atoms with Gasteiger partial charge in [-0.05, 0) is 43.2 Å². The summed E-state index contributed by atoms with van der Waals surface area (Å²) in [4.78, 5) is 16.4. The molecule has 5 heterocycles. The lowest BCUT2D eigenvalue weighted by molar-refractivity contribution is 0.937. The van der Waals surface area contributed by atoms with Crippen LogP contribution in [-0.4, -0.2) is 48.4 Å². The smallest absolute Gasteiger partial charge is 0.163 e. The average Bonchev–Trinajstić information content (AvgIpc) is 3.54. The average molecular weight is 397 g/mol. The van der Waals surface area contributed by atoms with Gasteiger partial charge in [0.1, 0.15) is 16.9 Å². The topological polar surface area (TPSA) is 111 Å². The Morgan fingerprint density at radius 2 is 1.80 bits per heavy atom. The molecule has 0 unspecified atom stereocenters. The highest BCUT2D eigenvalue weighted by Crippen LogP contribution is 2.28. The molecule has 0 radical (unpaired) electrons. The van der Waals surface area contributed by atoms with Crippen molar-refractivity contribution in [3.05, 3.63) is 48.9 Å². The predicted molar refractivity (Wildman–Crippen MR) is 116 cm³/mol. The number of hydrogen-bond donors (Lipinski definition) is 3. The molecule has 1 aliphatic heterocycles. The third kappa shape index (κ3) is 2.91. The lowest BCUT2D eigenvalue weighted by Gasteiger charge is -2.16. The Labute approximate surface area is 171 Å². The summed E-state index contributed by atoms with van der Waals surface area (Å²) in [6.45, 7) is 2.14. The first-order valence-electron chi connectivity index (χ1n) is 9.96. The van der Waals surface area contributed by atoms with Gasteiger partial charge in [0.25, 0.3) is 0 Å². The van der Waals surface area contributed by atoms with Crippen LogP contribution in [0.25, 0.3) is 33.3 Å². The summed E-state index contributed by atoms with van der Waals surface area (Å²) in [5.41, 5.74) is 4.22. The molecule has 1 aromatic carbocycles. The predicted octanol–water partition coefficient (Wildman–Crippen LogP) is 3.64. The normalized spacial score (nSPS) is 14.1. The molecular formula is C21H19N9. The van der Waals surface area contributed by atoms with E-state index in [1.54, 1.807) is 12.4 Å². The van der Waals surface area contributed by atoms with Crippen LogP contribution in [-0.2, 0) is 0 Å². The summed E-state index contributed by atoms with van der Waals surface area (Å²) in [5.74, 6) is 2.27. The highest BCUT2D eigenvalue weighted by atomic mass is 15.2. The van der Waals surface area contributed by atoms with E-state index in [1.807, 2.05) is 36.5 Å². The molecule has 148 valence electrons. The standard InChI is InChI=1S/C21H19N9/c1-2-8-30(7-1)18-6-4-14(10-22-18)20-26-17-12-24-29-19(17)21(27-20)25-15-5-3-13-11-23-28-16(13)9-15/h3-6,9-12H,1-2,7-8H2,(H,23,28)(H,24,29)(H,25,26,27). The summed E-state index contributed by atoms with van der Waals surface area (Å²) >= 11 is 0. The Hall–Kier alpha value is -4.01. The van der Waals surface area contributed by atoms with Gasteiger partial charge in [0.2, 0.25) is 0 Å². The SMILES string of the molecule is c1cc2cn[nH]c2cc1Nc1nc(-c2ccc(N3CCCC3)nc2)nc2cn[nH]c12. The zero-order valence-electron chi connectivity index (χ0n) is 16.1. The third-order valence-electron chi connectivity index (χ3n) is 5.44. The molecule has 6 rings (SSSR count). The van der Waals surface area contributed by atoms with Crippen molar-refractivity contribution in [2.45, 2.75) is 12.8 Å². The molecule has 1 aliphatic rings. The van der Waals surface area contributed by atoms with Crippen LogP contribution in [0.2, 0.25) is 0 Å². The molecule has 0 saturated carbocycles. The fraction of sp³-hybridized carbons (Fsp3) is 0.190. The molecule has 30 heavy (non-hydrogen) atoms. The maximum Gasteiger partial charge on any atom is 0.163 e. The Morgan fingerprint density at radius 3 is 2.67 bits per heavy atom. The van der Waals surface area contributed by atoms with Gasteiger partial charge in [0.15, 0.2) is 11.6 Å². The summed E-state index contributed by atoms with van der Waals surface area (Å²) in [6.07, 6.45) is 7.80. The quantitative estimate of drug-likeness (QED) is 0.424. The molecule has 3 N–H and O–H groups in total. The Morgan fingerprint density at radius 1 is 0.900 bits per heavy atom. The highest BCUT2D eigenvalue weighted by molar-refractivity contribution is 5.90. The van der Waals surface area contributed by atoms with Gasteiger partial charge in [-0.3, -0.25) is 10.2 Å². The van der Waals surface area contributed by atoms with E-state index >= 15 is 0 Å². The van der Waals surface area contributed by atoms with E-state index in [2.05, 4.69) is 40.6 Å². The van der Waals surface area contributed by atoms with Crippen molar-refractivity contribution >= 4 is 39.3 Å². The van der Waals surface area contributed by atoms with Crippen molar-refractivity contribution in [1.82, 2.24) is 35.3 Å². The minimum atomic E-state index is 0.606. The highest BCUT2D eigenvalue weighted by Gasteiger charge is 2.15. The van der Waals surface area contributed by atoms with Crippen LogP contribution in [0.1, 0.15) is 12.8 Å². The van der Waals surface area contributed by atoms with Gasteiger partial charge in [0.05, 0.1) is 17.9 Å². The Kier molecular flexibility index (Phi) is 3.83. The van der Waals surface area contributed by atoms with Gasteiger partial charge >= 0.3 is 0 Å². The van der Waals surface area contributed by atoms with Crippen LogP contribution >= 0.6 is 0 Å². The second-order valence-electron chi connectivity index (χ2n) is 7.42. The van der Waals surface area contributed by atoms with Crippen LogP contribution in [0.4, 0.5) is 17.3 Å². The third-order valence-corrected chi connectivity index (χ3v) is 5.44. The Bertz CT molecular complexity index is 1330. The number of aromatic nitrogens is 7. The summed E-state index contributed by atoms with van der Waals surface area (Å²) < 4.78 is 0. The fourth-order valence-corrected chi connectivity index (χ4v) is 3.86. The van der Waals surface area contributed by atoms with Gasteiger partial charge < -0.3 is 10.2 Å².